The van der Waals surface area contributed by atoms with Crippen molar-refractivity contribution in [2.45, 2.75) is 39.3 Å². The van der Waals surface area contributed by atoms with Gasteiger partial charge in [-0.3, -0.25) is 9.59 Å². The number of hydrogen-bond donors (Lipinski definition) is 1. The molecule has 0 radical (unpaired) electrons. The molecule has 0 fully saturated rings. The highest BCUT2D eigenvalue weighted by Gasteiger charge is 2.26. The molecule has 0 saturated carbocycles. The van der Waals surface area contributed by atoms with E-state index in [0.29, 0.717) is 27.4 Å². The summed E-state index contributed by atoms with van der Waals surface area (Å²) in [5, 5.41) is 4.08. The van der Waals surface area contributed by atoms with Crippen molar-refractivity contribution in [3.63, 3.8) is 0 Å². The van der Waals surface area contributed by atoms with Gasteiger partial charge in [-0.2, -0.15) is 0 Å². The van der Waals surface area contributed by atoms with E-state index in [-0.39, 0.29) is 25.0 Å². The van der Waals surface area contributed by atoms with Gasteiger partial charge in [0.2, 0.25) is 5.91 Å². The van der Waals surface area contributed by atoms with Crippen molar-refractivity contribution in [3.8, 4) is 5.75 Å². The quantitative estimate of drug-likeness (QED) is 0.475. The molecule has 2 aromatic rings. The first-order valence-electron chi connectivity index (χ1n) is 9.72. The Labute approximate surface area is 192 Å². The molecule has 0 bridgehead atoms. The van der Waals surface area contributed by atoms with Gasteiger partial charge < -0.3 is 15.0 Å². The van der Waals surface area contributed by atoms with Crippen molar-refractivity contribution in [1.82, 2.24) is 10.2 Å². The van der Waals surface area contributed by atoms with E-state index in [4.69, 9.17) is 39.5 Å². The third-order valence-electron chi connectivity index (χ3n) is 4.52. The Kier molecular flexibility index (Phi) is 9.76. The molecule has 0 aromatic heterocycles. The van der Waals surface area contributed by atoms with E-state index in [1.807, 2.05) is 6.92 Å². The molecule has 0 saturated heterocycles. The van der Waals surface area contributed by atoms with E-state index >= 15 is 0 Å². The Hall–Kier alpha value is -1.95. The summed E-state index contributed by atoms with van der Waals surface area (Å²) in [6, 6.07) is 11.3. The summed E-state index contributed by atoms with van der Waals surface area (Å²) in [6.45, 7) is 4.22. The lowest BCUT2D eigenvalue weighted by molar-refractivity contribution is -0.142. The molecule has 1 atom stereocenters. The summed E-state index contributed by atoms with van der Waals surface area (Å²) < 4.78 is 5.59. The Morgan fingerprint density at radius 3 is 2.47 bits per heavy atom. The number of carbonyl (C=O) groups excluding carboxylic acids is 2. The maximum Gasteiger partial charge on any atom is 0.261 e. The minimum Gasteiger partial charge on any atom is -0.482 e. The van der Waals surface area contributed by atoms with E-state index < -0.39 is 6.04 Å². The van der Waals surface area contributed by atoms with E-state index in [1.54, 1.807) is 49.4 Å². The predicted molar refractivity (Wildman–Crippen MR) is 121 cm³/mol. The van der Waals surface area contributed by atoms with Gasteiger partial charge in [0.15, 0.2) is 6.61 Å². The average Bonchev–Trinajstić information content (AvgIpc) is 2.73. The van der Waals surface area contributed by atoms with Crippen molar-refractivity contribution >= 4 is 46.6 Å². The number of nitrogens with one attached hydrogen (secondary N) is 1. The molecule has 2 rings (SSSR count). The summed E-state index contributed by atoms with van der Waals surface area (Å²) in [5.41, 5.74) is 0.753. The van der Waals surface area contributed by atoms with Crippen molar-refractivity contribution in [2.75, 3.05) is 13.2 Å². The van der Waals surface area contributed by atoms with Crippen LogP contribution in [-0.2, 0) is 16.1 Å². The van der Waals surface area contributed by atoms with Crippen molar-refractivity contribution in [1.29, 1.82) is 0 Å². The molecule has 2 amide bonds. The van der Waals surface area contributed by atoms with Crippen LogP contribution in [0, 0.1) is 0 Å². The summed E-state index contributed by atoms with van der Waals surface area (Å²) >= 11 is 18.2. The number of carbonyl (C=O) groups is 2. The normalized spacial score (nSPS) is 11.6. The van der Waals surface area contributed by atoms with Crippen molar-refractivity contribution in [2.24, 2.45) is 0 Å². The number of nitrogens with zero attached hydrogens (tertiary/aromatic N) is 1. The van der Waals surface area contributed by atoms with E-state index in [1.165, 1.54) is 4.90 Å². The van der Waals surface area contributed by atoms with Crippen molar-refractivity contribution in [3.05, 3.63) is 63.1 Å². The highest BCUT2D eigenvalue weighted by Crippen LogP contribution is 2.25. The van der Waals surface area contributed by atoms with Crippen LogP contribution in [0.1, 0.15) is 32.3 Å². The molecule has 1 N–H and O–H groups in total. The van der Waals surface area contributed by atoms with Crippen LogP contribution in [0.15, 0.2) is 42.5 Å². The average molecular weight is 472 g/mol. The molecule has 0 aliphatic heterocycles. The fourth-order valence-electron chi connectivity index (χ4n) is 2.74. The summed E-state index contributed by atoms with van der Waals surface area (Å²) in [4.78, 5) is 27.0. The SMILES string of the molecule is CCCCNC(=O)C(C)N(Cc1ccc(Cl)c(Cl)c1)C(=O)COc1ccccc1Cl. The lowest BCUT2D eigenvalue weighted by atomic mass is 10.1. The number of unbranched alkanes of at least 4 members (excludes halogenated alkanes) is 1. The Balaban J connectivity index is 2.15. The maximum absolute atomic E-state index is 13.0. The van der Waals surface area contributed by atoms with Gasteiger partial charge in [0.25, 0.3) is 5.91 Å². The van der Waals surface area contributed by atoms with E-state index in [2.05, 4.69) is 5.32 Å². The van der Waals surface area contributed by atoms with Gasteiger partial charge in [0.1, 0.15) is 11.8 Å². The first-order chi connectivity index (χ1) is 14.3. The van der Waals surface area contributed by atoms with Crippen LogP contribution in [-0.4, -0.2) is 35.9 Å². The predicted octanol–water partition coefficient (Wildman–Crippen LogP) is 5.36. The number of para-hydroxylation sites is 1. The van der Waals surface area contributed by atoms with Crippen LogP contribution in [0.25, 0.3) is 0 Å². The highest BCUT2D eigenvalue weighted by atomic mass is 35.5. The zero-order chi connectivity index (χ0) is 22.1. The smallest absolute Gasteiger partial charge is 0.261 e. The molecular formula is C22H25Cl3N2O3. The Morgan fingerprint density at radius 1 is 1.07 bits per heavy atom. The van der Waals surface area contributed by atoms with Crippen LogP contribution in [0.3, 0.4) is 0 Å². The molecule has 0 aliphatic carbocycles. The molecule has 0 spiro atoms. The third kappa shape index (κ3) is 7.08. The minimum absolute atomic E-state index is 0.184. The molecule has 1 unspecified atom stereocenters. The summed E-state index contributed by atoms with van der Waals surface area (Å²) in [7, 11) is 0. The second-order valence-electron chi connectivity index (χ2n) is 6.81. The topological polar surface area (TPSA) is 58.6 Å². The molecular weight excluding hydrogens is 447 g/mol. The van der Waals surface area contributed by atoms with Crippen LogP contribution in [0.4, 0.5) is 0 Å². The summed E-state index contributed by atoms with van der Waals surface area (Å²) in [6.07, 6.45) is 1.83. The standard InChI is InChI=1S/C22H25Cl3N2O3/c1-3-4-11-26-22(29)15(2)27(13-16-9-10-17(23)19(25)12-16)21(28)14-30-20-8-6-5-7-18(20)24/h5-10,12,15H,3-4,11,13-14H2,1-2H3,(H,26,29). The van der Waals surface area contributed by atoms with Crippen molar-refractivity contribution < 1.29 is 14.3 Å². The lowest BCUT2D eigenvalue weighted by Crippen LogP contribution is -2.49. The van der Waals surface area contributed by atoms with Crippen LogP contribution in [0.2, 0.25) is 15.1 Å². The van der Waals surface area contributed by atoms with Crippen LogP contribution in [0.5, 0.6) is 5.75 Å². The fraction of sp³-hybridized carbons (Fsp3) is 0.364. The van der Waals surface area contributed by atoms with Gasteiger partial charge in [-0.15, -0.1) is 0 Å². The number of rotatable bonds is 10. The molecule has 162 valence electrons. The Morgan fingerprint density at radius 2 is 1.80 bits per heavy atom. The molecule has 5 nitrogen and oxygen atoms in total. The van der Waals surface area contributed by atoms with Gasteiger partial charge in [-0.05, 0) is 43.2 Å². The molecule has 0 aliphatic rings. The number of amides is 2. The molecule has 2 aromatic carbocycles. The zero-order valence-electron chi connectivity index (χ0n) is 17.0. The lowest BCUT2D eigenvalue weighted by Gasteiger charge is -2.29. The minimum atomic E-state index is -0.696. The monoisotopic (exact) mass is 470 g/mol. The highest BCUT2D eigenvalue weighted by molar-refractivity contribution is 6.42. The Bertz CT molecular complexity index is 876. The van der Waals surface area contributed by atoms with Crippen LogP contribution < -0.4 is 10.1 Å². The molecule has 0 heterocycles. The van der Waals surface area contributed by atoms with Gasteiger partial charge in [0, 0.05) is 13.1 Å². The van der Waals surface area contributed by atoms with Gasteiger partial charge in [-0.1, -0.05) is 66.3 Å². The van der Waals surface area contributed by atoms with E-state index in [0.717, 1.165) is 18.4 Å². The first kappa shape index (κ1) is 24.3. The fourth-order valence-corrected chi connectivity index (χ4v) is 3.25. The number of ether oxygens (including phenoxy) is 1. The number of halogens is 3. The molecule has 8 heteroatoms. The number of hydrogen-bond acceptors (Lipinski definition) is 3. The maximum atomic E-state index is 13.0. The number of benzene rings is 2. The zero-order valence-corrected chi connectivity index (χ0v) is 19.2. The van der Waals surface area contributed by atoms with E-state index in [9.17, 15) is 9.59 Å². The van der Waals surface area contributed by atoms with Crippen LogP contribution >= 0.6 is 34.8 Å². The second-order valence-corrected chi connectivity index (χ2v) is 8.03. The molecule has 30 heavy (non-hydrogen) atoms. The first-order valence-corrected chi connectivity index (χ1v) is 10.8. The van der Waals surface area contributed by atoms with Gasteiger partial charge in [-0.25, -0.2) is 0 Å². The van der Waals surface area contributed by atoms with Gasteiger partial charge >= 0.3 is 0 Å². The second kappa shape index (κ2) is 12.0. The van der Waals surface area contributed by atoms with Gasteiger partial charge in [0.05, 0.1) is 15.1 Å². The largest absolute Gasteiger partial charge is 0.482 e. The third-order valence-corrected chi connectivity index (χ3v) is 5.57. The summed E-state index contributed by atoms with van der Waals surface area (Å²) in [5.74, 6) is -0.171.